The van der Waals surface area contributed by atoms with Crippen LogP contribution in [0.4, 0.5) is 15.3 Å². The Labute approximate surface area is 104 Å². The first-order chi connectivity index (χ1) is 8.58. The Morgan fingerprint density at radius 3 is 2.28 bits per heavy atom. The minimum absolute atomic E-state index is 0.415. The first-order valence-electron chi connectivity index (χ1n) is 5.25. The molecule has 2 rings (SSSR count). The van der Waals surface area contributed by atoms with Crippen LogP contribution >= 0.6 is 0 Å². The number of urea groups is 2. The molecule has 0 radical (unpaired) electrons. The molecule has 0 fully saturated rings. The number of amides is 4. The summed E-state index contributed by atoms with van der Waals surface area (Å²) < 4.78 is 5.40. The number of imide groups is 1. The number of carbonyl (C=O) groups is 2. The summed E-state index contributed by atoms with van der Waals surface area (Å²) in [5, 5.41) is 6.35. The van der Waals surface area contributed by atoms with Crippen molar-refractivity contribution in [2.75, 3.05) is 11.5 Å². The standard InChI is InChI=1S/C12H11N3O3/c1-8(2)7-18-10-5-3-9(4-6-10)15-11(16)13-14-12(15)17/h3-6H,1,7H2,2H3. The fourth-order valence-electron chi connectivity index (χ4n) is 1.38. The van der Waals surface area contributed by atoms with Crippen LogP contribution in [0, 0.1) is 0 Å². The number of ether oxygens (including phenoxy) is 1. The van der Waals surface area contributed by atoms with E-state index in [9.17, 15) is 9.59 Å². The summed E-state index contributed by atoms with van der Waals surface area (Å²) in [6.07, 6.45) is 0. The lowest BCUT2D eigenvalue weighted by Crippen LogP contribution is -2.27. The maximum atomic E-state index is 11.3. The highest BCUT2D eigenvalue weighted by atomic mass is 16.5. The Kier molecular flexibility index (Phi) is 3.18. The molecule has 0 spiro atoms. The van der Waals surface area contributed by atoms with Gasteiger partial charge in [-0.15, -0.1) is 0 Å². The minimum Gasteiger partial charge on any atom is -0.489 e. The molecule has 1 aliphatic rings. The molecule has 18 heavy (non-hydrogen) atoms. The molecular weight excluding hydrogens is 234 g/mol. The predicted octanol–water partition coefficient (Wildman–Crippen LogP) is 3.15. The normalized spacial score (nSPS) is 14.2. The number of anilines is 1. The van der Waals surface area contributed by atoms with Gasteiger partial charge in [-0.05, 0) is 36.8 Å². The Bertz CT molecular complexity index is 516. The van der Waals surface area contributed by atoms with Crippen LogP contribution in [0.5, 0.6) is 5.75 Å². The number of hydrogen-bond donors (Lipinski definition) is 0. The summed E-state index contributed by atoms with van der Waals surface area (Å²) in [5.41, 5.74) is 1.32. The van der Waals surface area contributed by atoms with Gasteiger partial charge in [-0.3, -0.25) is 0 Å². The number of rotatable bonds is 4. The quantitative estimate of drug-likeness (QED) is 0.765. The summed E-state index contributed by atoms with van der Waals surface area (Å²) in [6.45, 7) is 6.01. The van der Waals surface area contributed by atoms with Gasteiger partial charge in [-0.1, -0.05) is 16.8 Å². The summed E-state index contributed by atoms with van der Waals surface area (Å²) in [6, 6.07) is 5.15. The summed E-state index contributed by atoms with van der Waals surface area (Å²) in [5.74, 6) is 0.634. The fourth-order valence-corrected chi connectivity index (χ4v) is 1.38. The fraction of sp³-hybridized carbons (Fsp3) is 0.167. The van der Waals surface area contributed by atoms with E-state index in [1.54, 1.807) is 24.3 Å². The molecule has 0 atom stereocenters. The largest absolute Gasteiger partial charge is 0.489 e. The van der Waals surface area contributed by atoms with Crippen molar-refractivity contribution in [2.45, 2.75) is 6.92 Å². The van der Waals surface area contributed by atoms with E-state index in [-0.39, 0.29) is 0 Å². The maximum absolute atomic E-state index is 11.3. The van der Waals surface area contributed by atoms with E-state index in [0.29, 0.717) is 18.0 Å². The minimum atomic E-state index is -0.685. The Balaban J connectivity index is 2.10. The molecular formula is C12H11N3O3. The second-order valence-corrected chi connectivity index (χ2v) is 3.84. The Morgan fingerprint density at radius 2 is 1.78 bits per heavy atom. The van der Waals surface area contributed by atoms with Crippen LogP contribution in [-0.4, -0.2) is 18.7 Å². The third-order valence-electron chi connectivity index (χ3n) is 2.18. The van der Waals surface area contributed by atoms with Gasteiger partial charge in [0.15, 0.2) is 0 Å². The zero-order valence-corrected chi connectivity index (χ0v) is 9.79. The summed E-state index contributed by atoms with van der Waals surface area (Å²) >= 11 is 0. The first kappa shape index (κ1) is 12.0. The molecule has 4 amide bonds. The number of azo groups is 1. The highest BCUT2D eigenvalue weighted by Gasteiger charge is 2.28. The Morgan fingerprint density at radius 1 is 1.22 bits per heavy atom. The van der Waals surface area contributed by atoms with Crippen LogP contribution in [0.2, 0.25) is 0 Å². The van der Waals surface area contributed by atoms with Crippen molar-refractivity contribution in [3.05, 3.63) is 36.4 Å². The Hall–Kier alpha value is -2.50. The third-order valence-corrected chi connectivity index (χ3v) is 2.18. The van der Waals surface area contributed by atoms with Gasteiger partial charge in [0.05, 0.1) is 5.69 Å². The van der Waals surface area contributed by atoms with E-state index >= 15 is 0 Å². The molecule has 0 aromatic heterocycles. The molecule has 1 heterocycles. The molecule has 1 aliphatic heterocycles. The van der Waals surface area contributed by atoms with E-state index < -0.39 is 12.1 Å². The average molecular weight is 245 g/mol. The van der Waals surface area contributed by atoms with Crippen molar-refractivity contribution < 1.29 is 14.3 Å². The van der Waals surface area contributed by atoms with E-state index in [4.69, 9.17) is 4.74 Å². The molecule has 92 valence electrons. The van der Waals surface area contributed by atoms with Crippen LogP contribution < -0.4 is 9.64 Å². The van der Waals surface area contributed by atoms with E-state index in [1.807, 2.05) is 6.92 Å². The van der Waals surface area contributed by atoms with Gasteiger partial charge in [-0.25, -0.2) is 14.5 Å². The lowest BCUT2D eigenvalue weighted by molar-refractivity contribution is 0.249. The molecule has 0 saturated carbocycles. The third kappa shape index (κ3) is 2.42. The van der Waals surface area contributed by atoms with Gasteiger partial charge in [0.2, 0.25) is 0 Å². The van der Waals surface area contributed by atoms with Gasteiger partial charge in [0.1, 0.15) is 12.4 Å². The van der Waals surface area contributed by atoms with Crippen LogP contribution in [0.3, 0.4) is 0 Å². The van der Waals surface area contributed by atoms with Crippen molar-refractivity contribution >= 4 is 17.7 Å². The van der Waals surface area contributed by atoms with E-state index in [2.05, 4.69) is 16.8 Å². The van der Waals surface area contributed by atoms with Crippen molar-refractivity contribution in [1.82, 2.24) is 0 Å². The van der Waals surface area contributed by atoms with Crippen LogP contribution in [-0.2, 0) is 0 Å². The molecule has 0 bridgehead atoms. The van der Waals surface area contributed by atoms with Crippen LogP contribution in [0.15, 0.2) is 46.6 Å². The number of carbonyl (C=O) groups excluding carboxylic acids is 2. The number of nitrogens with zero attached hydrogens (tertiary/aromatic N) is 3. The van der Waals surface area contributed by atoms with Gasteiger partial charge in [0, 0.05) is 0 Å². The second kappa shape index (κ2) is 4.79. The van der Waals surface area contributed by atoms with Crippen molar-refractivity contribution in [1.29, 1.82) is 0 Å². The maximum Gasteiger partial charge on any atom is 0.375 e. The first-order valence-corrected chi connectivity index (χ1v) is 5.25. The molecule has 0 N–H and O–H groups in total. The van der Waals surface area contributed by atoms with Crippen LogP contribution in [0.1, 0.15) is 6.92 Å². The van der Waals surface area contributed by atoms with Crippen molar-refractivity contribution in [2.24, 2.45) is 10.2 Å². The molecule has 6 heteroatoms. The van der Waals surface area contributed by atoms with Gasteiger partial charge in [-0.2, -0.15) is 0 Å². The highest BCUT2D eigenvalue weighted by Crippen LogP contribution is 2.23. The summed E-state index contributed by atoms with van der Waals surface area (Å²) in [7, 11) is 0. The molecule has 0 saturated heterocycles. The van der Waals surface area contributed by atoms with Crippen molar-refractivity contribution in [3.8, 4) is 5.75 Å². The predicted molar refractivity (Wildman–Crippen MR) is 64.9 cm³/mol. The molecule has 1 aromatic rings. The zero-order chi connectivity index (χ0) is 13.1. The smallest absolute Gasteiger partial charge is 0.375 e. The average Bonchev–Trinajstić information content (AvgIpc) is 2.67. The molecule has 0 aliphatic carbocycles. The lowest BCUT2D eigenvalue weighted by Gasteiger charge is -2.11. The highest BCUT2D eigenvalue weighted by molar-refractivity contribution is 6.17. The second-order valence-electron chi connectivity index (χ2n) is 3.84. The zero-order valence-electron chi connectivity index (χ0n) is 9.79. The number of benzene rings is 1. The number of hydrogen-bond acceptors (Lipinski definition) is 3. The van der Waals surface area contributed by atoms with E-state index in [1.165, 1.54) is 0 Å². The summed E-state index contributed by atoms with van der Waals surface area (Å²) in [4.78, 5) is 23.5. The molecule has 0 unspecified atom stereocenters. The molecule has 1 aromatic carbocycles. The van der Waals surface area contributed by atoms with Crippen molar-refractivity contribution in [3.63, 3.8) is 0 Å². The lowest BCUT2D eigenvalue weighted by atomic mass is 10.3. The topological polar surface area (TPSA) is 71.3 Å². The molecule has 6 nitrogen and oxygen atoms in total. The van der Waals surface area contributed by atoms with Gasteiger partial charge >= 0.3 is 12.1 Å². The van der Waals surface area contributed by atoms with Gasteiger partial charge in [0.25, 0.3) is 0 Å². The van der Waals surface area contributed by atoms with Crippen LogP contribution in [0.25, 0.3) is 0 Å². The van der Waals surface area contributed by atoms with Gasteiger partial charge < -0.3 is 4.74 Å². The SMILES string of the molecule is C=C(C)COc1ccc(N2C(=O)N=NC2=O)cc1. The van der Waals surface area contributed by atoms with E-state index in [0.717, 1.165) is 10.5 Å². The monoisotopic (exact) mass is 245 g/mol.